The summed E-state index contributed by atoms with van der Waals surface area (Å²) in [7, 11) is 3.79. The van der Waals surface area contributed by atoms with Gasteiger partial charge < -0.3 is 19.3 Å². The molecule has 0 bridgehead atoms. The van der Waals surface area contributed by atoms with Gasteiger partial charge in [-0.3, -0.25) is 9.59 Å². The fraction of sp³-hybridized carbons (Fsp3) is 0.500. The molecule has 30 heavy (non-hydrogen) atoms. The van der Waals surface area contributed by atoms with Crippen molar-refractivity contribution in [3.05, 3.63) is 52.8 Å². The van der Waals surface area contributed by atoms with Gasteiger partial charge in [-0.15, -0.1) is 0 Å². The van der Waals surface area contributed by atoms with Crippen LogP contribution in [0.4, 0.5) is 0 Å². The van der Waals surface area contributed by atoms with E-state index in [-0.39, 0.29) is 11.8 Å². The third kappa shape index (κ3) is 4.59. The van der Waals surface area contributed by atoms with Crippen molar-refractivity contribution in [3.8, 4) is 5.69 Å². The molecule has 1 aromatic carbocycles. The standard InChI is InChI=1S/C24H34N4O2/c1-17(2)20-7-9-21(10-8-20)28-18(3)15-22(19(28)4)24(30)27-13-11-26(12-14-27)23(29)16-25(5)6/h7-10,15,17H,11-14,16H2,1-6H3. The average Bonchev–Trinajstić information content (AvgIpc) is 3.01. The largest absolute Gasteiger partial charge is 0.338 e. The summed E-state index contributed by atoms with van der Waals surface area (Å²) in [4.78, 5) is 31.1. The van der Waals surface area contributed by atoms with E-state index in [1.807, 2.05) is 48.7 Å². The minimum absolute atomic E-state index is 0.0489. The highest BCUT2D eigenvalue weighted by Gasteiger charge is 2.27. The first-order valence-electron chi connectivity index (χ1n) is 10.7. The number of piperazine rings is 1. The predicted molar refractivity (Wildman–Crippen MR) is 120 cm³/mol. The van der Waals surface area contributed by atoms with E-state index in [2.05, 4.69) is 42.7 Å². The van der Waals surface area contributed by atoms with E-state index in [1.54, 1.807) is 0 Å². The Bertz CT molecular complexity index is 904. The van der Waals surface area contributed by atoms with E-state index in [4.69, 9.17) is 0 Å². The summed E-state index contributed by atoms with van der Waals surface area (Å²) in [5, 5.41) is 0. The maximum atomic E-state index is 13.2. The molecule has 6 heteroatoms. The molecule has 2 amide bonds. The number of hydrogen-bond donors (Lipinski definition) is 0. The van der Waals surface area contributed by atoms with Crippen LogP contribution in [0.15, 0.2) is 30.3 Å². The molecule has 1 saturated heterocycles. The van der Waals surface area contributed by atoms with Crippen molar-refractivity contribution >= 4 is 11.8 Å². The van der Waals surface area contributed by atoms with Gasteiger partial charge in [-0.2, -0.15) is 0 Å². The van der Waals surface area contributed by atoms with Crippen molar-refractivity contribution in [2.75, 3.05) is 46.8 Å². The van der Waals surface area contributed by atoms with Crippen LogP contribution in [0, 0.1) is 13.8 Å². The molecule has 0 spiro atoms. The molecule has 0 N–H and O–H groups in total. The van der Waals surface area contributed by atoms with Crippen LogP contribution in [0.5, 0.6) is 0 Å². The Kier molecular flexibility index (Phi) is 6.66. The smallest absolute Gasteiger partial charge is 0.255 e. The van der Waals surface area contributed by atoms with Gasteiger partial charge in [0, 0.05) is 43.3 Å². The number of aromatic nitrogens is 1. The van der Waals surface area contributed by atoms with E-state index in [0.29, 0.717) is 38.6 Å². The SMILES string of the molecule is Cc1cc(C(=O)N2CCN(C(=O)CN(C)C)CC2)c(C)n1-c1ccc(C(C)C)cc1. The zero-order valence-electron chi connectivity index (χ0n) is 19.1. The molecule has 1 aliphatic heterocycles. The van der Waals surface area contributed by atoms with Crippen LogP contribution in [0.25, 0.3) is 5.69 Å². The third-order valence-electron chi connectivity index (χ3n) is 5.85. The molecule has 0 aliphatic carbocycles. The van der Waals surface area contributed by atoms with Crippen molar-refractivity contribution in [3.63, 3.8) is 0 Å². The molecule has 0 atom stereocenters. The second-order valence-electron chi connectivity index (χ2n) is 8.78. The Morgan fingerprint density at radius 1 is 0.967 bits per heavy atom. The van der Waals surface area contributed by atoms with Crippen LogP contribution in [-0.4, -0.2) is 77.9 Å². The van der Waals surface area contributed by atoms with Crippen LogP contribution in [0.2, 0.25) is 0 Å². The zero-order chi connectivity index (χ0) is 22.0. The topological polar surface area (TPSA) is 48.8 Å². The molecule has 0 saturated carbocycles. The van der Waals surface area contributed by atoms with Crippen LogP contribution in [-0.2, 0) is 4.79 Å². The number of carbonyl (C=O) groups excluding carboxylic acids is 2. The molecule has 2 aromatic rings. The van der Waals surface area contributed by atoms with Gasteiger partial charge in [0.1, 0.15) is 0 Å². The first-order valence-corrected chi connectivity index (χ1v) is 10.7. The molecule has 1 aromatic heterocycles. The Morgan fingerprint density at radius 2 is 1.53 bits per heavy atom. The fourth-order valence-corrected chi connectivity index (χ4v) is 4.08. The van der Waals surface area contributed by atoms with E-state index in [0.717, 1.165) is 22.6 Å². The molecule has 0 radical (unpaired) electrons. The van der Waals surface area contributed by atoms with E-state index >= 15 is 0 Å². The van der Waals surface area contributed by atoms with Crippen LogP contribution in [0.1, 0.15) is 47.1 Å². The quantitative estimate of drug-likeness (QED) is 0.761. The number of likely N-dealkylation sites (N-methyl/N-ethyl adjacent to an activating group) is 1. The molecule has 6 nitrogen and oxygen atoms in total. The number of nitrogens with zero attached hydrogens (tertiary/aromatic N) is 4. The number of hydrogen-bond acceptors (Lipinski definition) is 3. The van der Waals surface area contributed by atoms with Crippen molar-refractivity contribution in [2.24, 2.45) is 0 Å². The summed E-state index contributed by atoms with van der Waals surface area (Å²) in [5.74, 6) is 0.661. The Balaban J connectivity index is 1.74. The van der Waals surface area contributed by atoms with Gasteiger partial charge in [0.2, 0.25) is 5.91 Å². The Hall–Kier alpha value is -2.60. The van der Waals surface area contributed by atoms with Gasteiger partial charge in [-0.25, -0.2) is 0 Å². The highest BCUT2D eigenvalue weighted by Crippen LogP contribution is 2.24. The van der Waals surface area contributed by atoms with E-state index < -0.39 is 0 Å². The van der Waals surface area contributed by atoms with E-state index in [1.165, 1.54) is 5.56 Å². The number of rotatable bonds is 5. The number of aryl methyl sites for hydroxylation is 1. The second kappa shape index (κ2) is 9.04. The lowest BCUT2D eigenvalue weighted by molar-refractivity contribution is -0.133. The first-order chi connectivity index (χ1) is 14.2. The lowest BCUT2D eigenvalue weighted by Crippen LogP contribution is -2.52. The third-order valence-corrected chi connectivity index (χ3v) is 5.85. The van der Waals surface area contributed by atoms with Crippen LogP contribution in [0.3, 0.4) is 0 Å². The normalized spacial score (nSPS) is 14.7. The van der Waals surface area contributed by atoms with Gasteiger partial charge in [0.15, 0.2) is 0 Å². The number of benzene rings is 1. The summed E-state index contributed by atoms with van der Waals surface area (Å²) >= 11 is 0. The average molecular weight is 411 g/mol. The lowest BCUT2D eigenvalue weighted by atomic mass is 10.0. The highest BCUT2D eigenvalue weighted by molar-refractivity contribution is 5.96. The molecular formula is C24H34N4O2. The van der Waals surface area contributed by atoms with Gasteiger partial charge >= 0.3 is 0 Å². The number of carbonyl (C=O) groups is 2. The molecule has 1 aliphatic rings. The molecule has 3 rings (SSSR count). The van der Waals surface area contributed by atoms with Crippen LogP contribution >= 0.6 is 0 Å². The maximum Gasteiger partial charge on any atom is 0.255 e. The summed E-state index contributed by atoms with van der Waals surface area (Å²) in [6.07, 6.45) is 0. The first kappa shape index (κ1) is 22.1. The second-order valence-corrected chi connectivity index (χ2v) is 8.78. The van der Waals surface area contributed by atoms with Gasteiger partial charge in [-0.05, 0) is 57.6 Å². The van der Waals surface area contributed by atoms with Crippen molar-refractivity contribution in [1.29, 1.82) is 0 Å². The van der Waals surface area contributed by atoms with Crippen molar-refractivity contribution in [2.45, 2.75) is 33.6 Å². The summed E-state index contributed by atoms with van der Waals surface area (Å²) < 4.78 is 2.15. The van der Waals surface area contributed by atoms with Crippen molar-refractivity contribution < 1.29 is 9.59 Å². The number of amides is 2. The van der Waals surface area contributed by atoms with Gasteiger partial charge in [0.25, 0.3) is 5.91 Å². The molecule has 0 unspecified atom stereocenters. The fourth-order valence-electron chi connectivity index (χ4n) is 4.08. The summed E-state index contributed by atoms with van der Waals surface area (Å²) in [5.41, 5.74) is 5.13. The lowest BCUT2D eigenvalue weighted by Gasteiger charge is -2.35. The van der Waals surface area contributed by atoms with E-state index in [9.17, 15) is 9.59 Å². The Morgan fingerprint density at radius 3 is 2.07 bits per heavy atom. The van der Waals surface area contributed by atoms with Gasteiger partial charge in [0.05, 0.1) is 12.1 Å². The summed E-state index contributed by atoms with van der Waals surface area (Å²) in [6.45, 7) is 11.2. The van der Waals surface area contributed by atoms with Crippen LogP contribution < -0.4 is 0 Å². The minimum atomic E-state index is 0.0489. The summed E-state index contributed by atoms with van der Waals surface area (Å²) in [6, 6.07) is 10.5. The molecule has 162 valence electrons. The monoisotopic (exact) mass is 410 g/mol. The maximum absolute atomic E-state index is 13.2. The molecule has 2 heterocycles. The minimum Gasteiger partial charge on any atom is -0.338 e. The molecule has 1 fully saturated rings. The zero-order valence-corrected chi connectivity index (χ0v) is 19.1. The highest BCUT2D eigenvalue weighted by atomic mass is 16.2. The van der Waals surface area contributed by atoms with Crippen molar-refractivity contribution in [1.82, 2.24) is 19.3 Å². The molecular weight excluding hydrogens is 376 g/mol. The Labute approximate surface area is 180 Å². The predicted octanol–water partition coefficient (Wildman–Crippen LogP) is 3.06. The van der Waals surface area contributed by atoms with Gasteiger partial charge in [-0.1, -0.05) is 26.0 Å².